The molecule has 496 valence electrons. The number of ether oxygens (including phenoxy) is 3. The number of carboxylic acids is 1. The van der Waals surface area contributed by atoms with E-state index in [2.05, 4.69) is 115 Å². The number of nitrogens with zero attached hydrogens (tertiary/aromatic N) is 1. The third-order valence-corrected chi connectivity index (χ3v) is 17.8. The molecule has 1 aliphatic heterocycles. The normalized spacial score (nSPS) is 17.5. The number of hydrogen-bond donors (Lipinski definition) is 3. The number of carboxylic acid groups (broad SMARTS) is 1. The molecule has 3 atom stereocenters. The predicted octanol–water partition coefficient (Wildman–Crippen LogP) is 21.1. The lowest BCUT2D eigenvalue weighted by Gasteiger charge is -2.47. The molecule has 3 unspecified atom stereocenters. The van der Waals surface area contributed by atoms with Crippen molar-refractivity contribution < 1.29 is 43.9 Å². The quantitative estimate of drug-likeness (QED) is 0.0429. The Morgan fingerprint density at radius 3 is 1.23 bits per heavy atom. The van der Waals surface area contributed by atoms with Crippen molar-refractivity contribution in [3.63, 3.8) is 0 Å². The molecule has 0 fully saturated rings. The number of phenolic OH excluding ortho intramolecular Hbond substituents is 1. The van der Waals surface area contributed by atoms with Crippen molar-refractivity contribution in [2.75, 3.05) is 19.8 Å². The van der Waals surface area contributed by atoms with E-state index >= 15 is 0 Å². The Morgan fingerprint density at radius 1 is 0.570 bits per heavy atom. The van der Waals surface area contributed by atoms with E-state index in [1.807, 2.05) is 19.9 Å². The number of allylic oxidation sites excluding steroid dienone is 2. The second-order valence-corrected chi connectivity index (χ2v) is 30.7. The number of esters is 2. The summed E-state index contributed by atoms with van der Waals surface area (Å²) >= 11 is 0. The summed E-state index contributed by atoms with van der Waals surface area (Å²) in [6, 6.07) is 4.06. The molecule has 0 saturated carbocycles. The summed E-state index contributed by atoms with van der Waals surface area (Å²) in [5.74, 6) is -0.508. The van der Waals surface area contributed by atoms with Crippen LogP contribution in [-0.4, -0.2) is 70.6 Å². The summed E-state index contributed by atoms with van der Waals surface area (Å²) in [6.07, 6.45) is 44.0. The molecule has 0 aromatic heterocycles. The number of rotatable bonds is 42. The Kier molecular flexibility index (Phi) is 36.6. The zero-order chi connectivity index (χ0) is 64.5. The lowest BCUT2D eigenvalue weighted by Crippen LogP contribution is -2.47. The van der Waals surface area contributed by atoms with Crippen molar-refractivity contribution in [1.29, 1.82) is 0 Å². The number of hydrogen-bond acceptors (Lipinski definition) is 9. The minimum Gasteiger partial charge on any atom is -0.507 e. The molecule has 10 heteroatoms. The van der Waals surface area contributed by atoms with Crippen LogP contribution in [0.25, 0.3) is 0 Å². The molecule has 3 rings (SSSR count). The highest BCUT2D eigenvalue weighted by Gasteiger charge is 2.47. The summed E-state index contributed by atoms with van der Waals surface area (Å²) in [5.41, 5.74) is 1.85. The van der Waals surface area contributed by atoms with E-state index in [1.165, 1.54) is 154 Å². The summed E-state index contributed by atoms with van der Waals surface area (Å²) < 4.78 is 18.6. The van der Waals surface area contributed by atoms with Crippen LogP contribution in [-0.2, 0) is 45.8 Å². The van der Waals surface area contributed by atoms with Gasteiger partial charge in [0.05, 0.1) is 11.6 Å². The number of unbranched alkanes of at least 4 members (excludes halogenated alkanes) is 28. The third-order valence-electron chi connectivity index (χ3n) is 17.8. The molecular weight excluding hydrogens is 1070 g/mol. The van der Waals surface area contributed by atoms with E-state index in [0.29, 0.717) is 43.9 Å². The van der Waals surface area contributed by atoms with Gasteiger partial charge in [-0.25, -0.2) is 4.99 Å². The SMILES string of the molecule is CC(C)(C)C1=CC(CCC(=O)O)=CC(C(C)(C)C)C1(C)O.CCCCCCCCCCCCCCCCCC(=O)OCC(COC(=O)CCCCCCCCCCCCCCCCC)(Cc1cc(C(C)(C)C)c(O)c(C(C)(C)C)c1)C1=NC(C)CO1. The van der Waals surface area contributed by atoms with Gasteiger partial charge in [0.25, 0.3) is 0 Å². The third kappa shape index (κ3) is 31.2. The molecule has 0 spiro atoms. The van der Waals surface area contributed by atoms with Crippen molar-refractivity contribution >= 4 is 23.8 Å². The average molecular weight is 1200 g/mol. The highest BCUT2D eigenvalue weighted by molar-refractivity contribution is 5.86. The van der Waals surface area contributed by atoms with Crippen LogP contribution in [0.3, 0.4) is 0 Å². The zero-order valence-electron chi connectivity index (χ0n) is 58.6. The van der Waals surface area contributed by atoms with E-state index in [1.54, 1.807) is 0 Å². The van der Waals surface area contributed by atoms with Gasteiger partial charge in [0.15, 0.2) is 5.90 Å². The van der Waals surface area contributed by atoms with E-state index in [0.717, 1.165) is 66.4 Å². The molecule has 1 aromatic rings. The van der Waals surface area contributed by atoms with Crippen LogP contribution in [0.15, 0.2) is 40.4 Å². The van der Waals surface area contributed by atoms with Gasteiger partial charge in [0, 0.05) is 25.2 Å². The molecule has 0 amide bonds. The number of aliphatic hydroxyl groups is 1. The van der Waals surface area contributed by atoms with E-state index in [9.17, 15) is 24.6 Å². The highest BCUT2D eigenvalue weighted by atomic mass is 16.6. The van der Waals surface area contributed by atoms with Crippen molar-refractivity contribution in [3.05, 3.63) is 52.1 Å². The van der Waals surface area contributed by atoms with Crippen molar-refractivity contribution in [2.45, 2.75) is 358 Å². The van der Waals surface area contributed by atoms with E-state index in [-0.39, 0.29) is 65.2 Å². The lowest BCUT2D eigenvalue weighted by molar-refractivity contribution is -0.151. The first-order valence-corrected chi connectivity index (χ1v) is 35.2. The monoisotopic (exact) mass is 1200 g/mol. The molecule has 86 heavy (non-hydrogen) atoms. The molecule has 0 radical (unpaired) electrons. The van der Waals surface area contributed by atoms with Crippen molar-refractivity contribution in [3.8, 4) is 5.75 Å². The standard InChI is InChI=1S/C58H103NO6.C18H30O3/c1-10-12-14-16-18-20-22-24-26-28-30-32-34-36-38-40-52(60)64-46-58(55-59-48(3)45-63-55,44-49-42-50(56(4,5)6)54(62)51(43-49)57(7,8)9)47-65-53(61)41-39-37-35-33-31-29-27-25-23-21-19-17-15-13-11-2;1-16(2,3)13-10-12(8-9-15(19)20)11-14(17(4,5)6)18(13,7)21/h42-43,48,62H,10-41,44-47H2,1-9H3;10-11,13,21H,8-9H2,1-7H3,(H,19,20). The number of carbonyl (C=O) groups is 3. The fourth-order valence-electron chi connectivity index (χ4n) is 12.7. The Hall–Kier alpha value is -3.66. The first-order valence-electron chi connectivity index (χ1n) is 35.2. The van der Waals surface area contributed by atoms with Crippen LogP contribution >= 0.6 is 0 Å². The largest absolute Gasteiger partial charge is 0.507 e. The van der Waals surface area contributed by atoms with Gasteiger partial charge in [0.2, 0.25) is 0 Å². The number of benzene rings is 1. The topological polar surface area (TPSA) is 152 Å². The smallest absolute Gasteiger partial charge is 0.305 e. The summed E-state index contributed by atoms with van der Waals surface area (Å²) in [6.45, 7) is 34.1. The molecule has 1 heterocycles. The average Bonchev–Trinajstić information content (AvgIpc) is 2.66. The fraction of sp³-hybridized carbons (Fsp3) is 0.816. The summed E-state index contributed by atoms with van der Waals surface area (Å²) in [5, 5.41) is 31.6. The van der Waals surface area contributed by atoms with Crippen LogP contribution in [0.2, 0.25) is 0 Å². The van der Waals surface area contributed by atoms with Crippen LogP contribution in [0, 0.1) is 22.2 Å². The number of aliphatic carboxylic acids is 1. The van der Waals surface area contributed by atoms with Crippen molar-refractivity contribution in [2.24, 2.45) is 27.2 Å². The van der Waals surface area contributed by atoms with Gasteiger partial charge in [-0.15, -0.1) is 0 Å². The summed E-state index contributed by atoms with van der Waals surface area (Å²) in [7, 11) is 0. The van der Waals surface area contributed by atoms with Crippen LogP contribution < -0.4 is 0 Å². The number of carbonyl (C=O) groups excluding carboxylic acids is 2. The van der Waals surface area contributed by atoms with Gasteiger partial charge in [-0.3, -0.25) is 14.4 Å². The van der Waals surface area contributed by atoms with Crippen LogP contribution in [0.5, 0.6) is 5.75 Å². The molecule has 1 aromatic carbocycles. The predicted molar refractivity (Wildman–Crippen MR) is 362 cm³/mol. The number of phenols is 1. The molecular formula is C76H133NO9. The molecule has 3 N–H and O–H groups in total. The Balaban J connectivity index is 0.00000101. The molecule has 1 aliphatic carbocycles. The minimum atomic E-state index is -1.01. The molecule has 2 aliphatic rings. The first kappa shape index (κ1) is 78.4. The maximum absolute atomic E-state index is 13.4. The van der Waals surface area contributed by atoms with Gasteiger partial charge in [-0.2, -0.15) is 0 Å². The molecule has 10 nitrogen and oxygen atoms in total. The maximum Gasteiger partial charge on any atom is 0.305 e. The van der Waals surface area contributed by atoms with E-state index < -0.39 is 17.0 Å². The van der Waals surface area contributed by atoms with E-state index in [4.69, 9.17) is 24.3 Å². The lowest BCUT2D eigenvalue weighted by atomic mass is 9.61. The summed E-state index contributed by atoms with van der Waals surface area (Å²) in [4.78, 5) is 42.6. The number of aromatic hydroxyl groups is 1. The van der Waals surface area contributed by atoms with Crippen LogP contribution in [0.1, 0.15) is 346 Å². The number of aliphatic imine (C=N–C) groups is 1. The maximum atomic E-state index is 13.4. The molecule has 0 saturated heterocycles. The Morgan fingerprint density at radius 2 is 0.930 bits per heavy atom. The van der Waals surface area contributed by atoms with Gasteiger partial charge in [-0.05, 0) is 83.5 Å². The molecule has 0 bridgehead atoms. The Bertz CT molecular complexity index is 2090. The highest BCUT2D eigenvalue weighted by Crippen LogP contribution is 2.49. The first-order chi connectivity index (χ1) is 40.4. The second-order valence-electron chi connectivity index (χ2n) is 30.7. The van der Waals surface area contributed by atoms with Gasteiger partial charge in [-0.1, -0.05) is 307 Å². The van der Waals surface area contributed by atoms with Crippen LogP contribution in [0.4, 0.5) is 0 Å². The van der Waals surface area contributed by atoms with Gasteiger partial charge in [0.1, 0.15) is 31.0 Å². The zero-order valence-corrected chi connectivity index (χ0v) is 58.6. The van der Waals surface area contributed by atoms with Gasteiger partial charge >= 0.3 is 17.9 Å². The second kappa shape index (κ2) is 40.2. The van der Waals surface area contributed by atoms with Crippen molar-refractivity contribution in [1.82, 2.24) is 0 Å². The minimum absolute atomic E-state index is 0.00105. The fourth-order valence-corrected chi connectivity index (χ4v) is 12.7. The van der Waals surface area contributed by atoms with Gasteiger partial charge < -0.3 is 29.5 Å². The Labute approximate surface area is 528 Å².